The second kappa shape index (κ2) is 11.4. The zero-order valence-electron chi connectivity index (χ0n) is 22.5. The number of aromatic nitrogens is 1. The Labute approximate surface area is 225 Å². The maximum atomic E-state index is 11.8. The van der Waals surface area contributed by atoms with E-state index in [1.165, 1.54) is 22.9 Å². The average molecular weight is 512 g/mol. The third-order valence-corrected chi connectivity index (χ3v) is 8.16. The number of hydrogen-bond donors (Lipinski definition) is 1. The largest absolute Gasteiger partial charge is 0.478 e. The number of anilines is 1. The molecule has 0 radical (unpaired) electrons. The molecule has 3 heterocycles. The van der Waals surface area contributed by atoms with Crippen molar-refractivity contribution in [3.05, 3.63) is 58.8 Å². The fourth-order valence-corrected chi connectivity index (χ4v) is 6.20. The predicted octanol–water partition coefficient (Wildman–Crippen LogP) is 5.71. The number of nitrogens with zero attached hydrogens (tertiary/aromatic N) is 5. The molecule has 0 bridgehead atoms. The minimum absolute atomic E-state index is 0.359. The standard InChI is InChI=1S/C31H37N5O2/c1-3-6-26(9-4-7-24-21-34(2)28-11-10-22(20-32)17-27(24)28)35-13-15-36(16-14-35)29-19-25(31(37)38)18-23-8-5-12-33-30(23)29/h10-12,17-19,21,26H,3-9,13-16H2,1-2H3,(H,37,38). The van der Waals surface area contributed by atoms with Crippen molar-refractivity contribution in [3.8, 4) is 6.07 Å². The molecule has 7 nitrogen and oxygen atoms in total. The minimum atomic E-state index is -0.875. The molecule has 1 fully saturated rings. The summed E-state index contributed by atoms with van der Waals surface area (Å²) >= 11 is 0. The molecule has 7 heteroatoms. The Morgan fingerprint density at radius 1 is 1.16 bits per heavy atom. The van der Waals surface area contributed by atoms with E-state index >= 15 is 0 Å². The number of carboxylic acid groups (broad SMARTS) is 1. The Bertz CT molecular complexity index is 1390. The van der Waals surface area contributed by atoms with Gasteiger partial charge in [-0.25, -0.2) is 4.79 Å². The highest BCUT2D eigenvalue weighted by molar-refractivity contribution is 5.92. The molecule has 1 aromatic heterocycles. The summed E-state index contributed by atoms with van der Waals surface area (Å²) < 4.78 is 2.16. The van der Waals surface area contributed by atoms with Crippen molar-refractivity contribution >= 4 is 34.5 Å². The van der Waals surface area contributed by atoms with E-state index in [1.54, 1.807) is 6.07 Å². The number of aryl methyl sites for hydroxylation is 3. The molecule has 1 unspecified atom stereocenters. The number of carboxylic acids is 1. The number of nitriles is 1. The molecule has 198 valence electrons. The Balaban J connectivity index is 1.24. The van der Waals surface area contributed by atoms with Crippen molar-refractivity contribution in [2.45, 2.75) is 57.9 Å². The lowest BCUT2D eigenvalue weighted by atomic mass is 9.98. The van der Waals surface area contributed by atoms with Crippen LogP contribution in [0.3, 0.4) is 0 Å². The van der Waals surface area contributed by atoms with Crippen LogP contribution in [-0.2, 0) is 19.9 Å². The Kier molecular flexibility index (Phi) is 7.80. The summed E-state index contributed by atoms with van der Waals surface area (Å²) in [6, 6.07) is 12.4. The number of aromatic carboxylic acids is 1. The fourth-order valence-electron chi connectivity index (χ4n) is 6.20. The maximum Gasteiger partial charge on any atom is 0.335 e. The van der Waals surface area contributed by atoms with Crippen LogP contribution in [0.2, 0.25) is 0 Å². The molecule has 1 atom stereocenters. The highest BCUT2D eigenvalue weighted by Crippen LogP contribution is 2.37. The lowest BCUT2D eigenvalue weighted by Crippen LogP contribution is -2.50. The van der Waals surface area contributed by atoms with Gasteiger partial charge >= 0.3 is 5.97 Å². The summed E-state index contributed by atoms with van der Waals surface area (Å²) in [7, 11) is 2.08. The van der Waals surface area contributed by atoms with Crippen molar-refractivity contribution in [1.29, 1.82) is 5.26 Å². The molecule has 3 aromatic rings. The van der Waals surface area contributed by atoms with E-state index in [9.17, 15) is 15.2 Å². The van der Waals surface area contributed by atoms with Gasteiger partial charge in [-0.15, -0.1) is 0 Å². The Morgan fingerprint density at radius 2 is 1.97 bits per heavy atom. The first kappa shape index (κ1) is 26.0. The highest BCUT2D eigenvalue weighted by atomic mass is 16.4. The SMILES string of the molecule is CCCC(CCCc1cn(C)c2ccc(C#N)cc12)N1CCN(c2cc(C(=O)O)cc3c2N=CCC3)CC1. The molecule has 5 rings (SSSR count). The van der Waals surface area contributed by atoms with Crippen molar-refractivity contribution < 1.29 is 9.90 Å². The summed E-state index contributed by atoms with van der Waals surface area (Å²) in [5.41, 5.74) is 6.54. The number of carbonyl (C=O) groups is 1. The second-order valence-electron chi connectivity index (χ2n) is 10.6. The van der Waals surface area contributed by atoms with Gasteiger partial charge in [-0.2, -0.15) is 5.26 Å². The van der Waals surface area contributed by atoms with E-state index in [-0.39, 0.29) is 0 Å². The van der Waals surface area contributed by atoms with Crippen LogP contribution in [0.25, 0.3) is 10.9 Å². The van der Waals surface area contributed by atoms with Crippen LogP contribution >= 0.6 is 0 Å². The summed E-state index contributed by atoms with van der Waals surface area (Å²) in [5.74, 6) is -0.875. The van der Waals surface area contributed by atoms with Crippen LogP contribution in [0.5, 0.6) is 0 Å². The lowest BCUT2D eigenvalue weighted by molar-refractivity contribution is 0.0697. The molecule has 1 saturated heterocycles. The molecule has 2 aliphatic rings. The summed E-state index contributed by atoms with van der Waals surface area (Å²) in [5, 5.41) is 20.2. The van der Waals surface area contributed by atoms with E-state index in [0.29, 0.717) is 17.2 Å². The van der Waals surface area contributed by atoms with Crippen LogP contribution in [-0.4, -0.2) is 59.0 Å². The van der Waals surface area contributed by atoms with Gasteiger partial charge in [0.25, 0.3) is 0 Å². The normalized spacial score (nSPS) is 16.4. The first-order valence-electron chi connectivity index (χ1n) is 13.9. The first-order chi connectivity index (χ1) is 18.5. The van der Waals surface area contributed by atoms with Crippen LogP contribution in [0.15, 0.2) is 41.5 Å². The molecule has 38 heavy (non-hydrogen) atoms. The summed E-state index contributed by atoms with van der Waals surface area (Å²) in [6.07, 6.45) is 11.5. The van der Waals surface area contributed by atoms with Crippen LogP contribution < -0.4 is 4.90 Å². The zero-order valence-corrected chi connectivity index (χ0v) is 22.5. The Morgan fingerprint density at radius 3 is 2.71 bits per heavy atom. The topological polar surface area (TPSA) is 84.9 Å². The number of hydrogen-bond acceptors (Lipinski definition) is 5. The van der Waals surface area contributed by atoms with Crippen LogP contribution in [0.4, 0.5) is 11.4 Å². The number of piperazine rings is 1. The van der Waals surface area contributed by atoms with Gasteiger partial charge in [-0.05, 0) is 80.0 Å². The average Bonchev–Trinajstić information content (AvgIpc) is 3.26. The molecule has 0 spiro atoms. The number of aliphatic imine (C=N–C) groups is 1. The van der Waals surface area contributed by atoms with Gasteiger partial charge in [0.05, 0.1) is 28.6 Å². The summed E-state index contributed by atoms with van der Waals surface area (Å²) in [4.78, 5) is 21.4. The summed E-state index contributed by atoms with van der Waals surface area (Å²) in [6.45, 7) is 5.97. The van der Waals surface area contributed by atoms with E-state index in [1.807, 2.05) is 30.5 Å². The van der Waals surface area contributed by atoms with E-state index < -0.39 is 5.97 Å². The monoisotopic (exact) mass is 511 g/mol. The number of rotatable bonds is 9. The molecular formula is C31H37N5O2. The Hall–Kier alpha value is -3.63. The molecule has 0 aliphatic carbocycles. The first-order valence-corrected chi connectivity index (χ1v) is 13.9. The minimum Gasteiger partial charge on any atom is -0.478 e. The van der Waals surface area contributed by atoms with E-state index in [4.69, 9.17) is 0 Å². The third-order valence-electron chi connectivity index (χ3n) is 8.16. The van der Waals surface area contributed by atoms with Crippen molar-refractivity contribution in [1.82, 2.24) is 9.47 Å². The van der Waals surface area contributed by atoms with Crippen LogP contribution in [0.1, 0.15) is 66.1 Å². The van der Waals surface area contributed by atoms with Gasteiger partial charge in [0.1, 0.15) is 0 Å². The van der Waals surface area contributed by atoms with Gasteiger partial charge in [-0.3, -0.25) is 9.89 Å². The number of fused-ring (bicyclic) bond motifs is 2. The third kappa shape index (κ3) is 5.32. The fraction of sp³-hybridized carbons (Fsp3) is 0.452. The van der Waals surface area contributed by atoms with Gasteiger partial charge in [0, 0.05) is 62.6 Å². The van der Waals surface area contributed by atoms with Gasteiger partial charge in [0.15, 0.2) is 0 Å². The lowest BCUT2D eigenvalue weighted by Gasteiger charge is -2.41. The van der Waals surface area contributed by atoms with Crippen molar-refractivity contribution in [2.24, 2.45) is 12.0 Å². The molecule has 2 aromatic carbocycles. The van der Waals surface area contributed by atoms with Gasteiger partial charge in [0.2, 0.25) is 0 Å². The predicted molar refractivity (Wildman–Crippen MR) is 153 cm³/mol. The molecule has 2 aliphatic heterocycles. The van der Waals surface area contributed by atoms with Crippen molar-refractivity contribution in [3.63, 3.8) is 0 Å². The molecule has 0 saturated carbocycles. The van der Waals surface area contributed by atoms with E-state index in [0.717, 1.165) is 81.6 Å². The van der Waals surface area contributed by atoms with Gasteiger partial charge in [-0.1, -0.05) is 13.3 Å². The molecular weight excluding hydrogens is 474 g/mol. The highest BCUT2D eigenvalue weighted by Gasteiger charge is 2.26. The van der Waals surface area contributed by atoms with Crippen LogP contribution in [0, 0.1) is 11.3 Å². The van der Waals surface area contributed by atoms with E-state index in [2.05, 4.69) is 45.6 Å². The zero-order chi connectivity index (χ0) is 26.6. The van der Waals surface area contributed by atoms with Crippen molar-refractivity contribution in [2.75, 3.05) is 31.1 Å². The second-order valence-corrected chi connectivity index (χ2v) is 10.6. The maximum absolute atomic E-state index is 11.8. The quantitative estimate of drug-likeness (QED) is 0.398. The molecule has 1 N–H and O–H groups in total. The molecule has 0 amide bonds. The van der Waals surface area contributed by atoms with Gasteiger partial charge < -0.3 is 14.6 Å². The smallest absolute Gasteiger partial charge is 0.335 e. The number of benzene rings is 2.